The van der Waals surface area contributed by atoms with E-state index in [1.54, 1.807) is 0 Å². The summed E-state index contributed by atoms with van der Waals surface area (Å²) in [6.07, 6.45) is 1.03. The fourth-order valence-corrected chi connectivity index (χ4v) is 1.76. The summed E-state index contributed by atoms with van der Waals surface area (Å²) < 4.78 is 13.7. The summed E-state index contributed by atoms with van der Waals surface area (Å²) in [4.78, 5) is 17.3. The number of hydrogen-bond donors (Lipinski definition) is 0. The van der Waals surface area contributed by atoms with Crippen molar-refractivity contribution in [2.24, 2.45) is 0 Å². The van der Waals surface area contributed by atoms with Crippen LogP contribution in [0.4, 0.5) is 10.1 Å². The zero-order valence-electron chi connectivity index (χ0n) is 8.60. The minimum Gasteiger partial charge on any atom is -0.258 e. The predicted octanol–water partition coefficient (Wildman–Crippen LogP) is 3.50. The van der Waals surface area contributed by atoms with Gasteiger partial charge in [0.15, 0.2) is 5.69 Å². The van der Waals surface area contributed by atoms with Gasteiger partial charge in [-0.05, 0) is 18.2 Å². The maximum atomic E-state index is 13.7. The molecule has 8 heteroatoms. The Morgan fingerprint density at radius 3 is 2.61 bits per heavy atom. The Kier molecular flexibility index (Phi) is 3.40. The lowest BCUT2D eigenvalue weighted by Crippen LogP contribution is -1.99. The Labute approximate surface area is 110 Å². The lowest BCUT2D eigenvalue weighted by Gasteiger charge is -2.04. The number of rotatable bonds is 2. The van der Waals surface area contributed by atoms with Gasteiger partial charge in [0, 0.05) is 10.6 Å². The number of halogens is 3. The number of benzene rings is 1. The molecule has 1 heterocycles. The van der Waals surface area contributed by atoms with E-state index in [0.717, 1.165) is 12.4 Å². The minimum absolute atomic E-state index is 0.0598. The van der Waals surface area contributed by atoms with Crippen LogP contribution in [0.5, 0.6) is 0 Å². The maximum absolute atomic E-state index is 13.7. The summed E-state index contributed by atoms with van der Waals surface area (Å²) >= 11 is 11.2. The topological polar surface area (TPSA) is 68.9 Å². The molecule has 18 heavy (non-hydrogen) atoms. The highest BCUT2D eigenvalue weighted by Gasteiger charge is 2.24. The van der Waals surface area contributed by atoms with Crippen molar-refractivity contribution < 1.29 is 9.31 Å². The van der Waals surface area contributed by atoms with Gasteiger partial charge in [-0.1, -0.05) is 23.2 Å². The van der Waals surface area contributed by atoms with Gasteiger partial charge in [-0.15, -0.1) is 0 Å². The first-order chi connectivity index (χ1) is 8.50. The van der Waals surface area contributed by atoms with Gasteiger partial charge in [0.2, 0.25) is 5.15 Å². The molecule has 0 amide bonds. The highest BCUT2D eigenvalue weighted by Crippen LogP contribution is 2.34. The summed E-state index contributed by atoms with van der Waals surface area (Å²) in [5.41, 5.74) is -0.787. The first-order valence-electron chi connectivity index (χ1n) is 4.61. The number of hydrogen-bond acceptors (Lipinski definition) is 4. The molecule has 0 N–H and O–H groups in total. The molecule has 0 bridgehead atoms. The van der Waals surface area contributed by atoms with Crippen molar-refractivity contribution in [3.63, 3.8) is 0 Å². The predicted molar refractivity (Wildman–Crippen MR) is 64.1 cm³/mol. The molecular formula is C10H4Cl2FN3O2. The van der Waals surface area contributed by atoms with Crippen molar-refractivity contribution in [2.75, 3.05) is 0 Å². The van der Waals surface area contributed by atoms with E-state index >= 15 is 0 Å². The van der Waals surface area contributed by atoms with Gasteiger partial charge in [0.05, 0.1) is 4.92 Å². The highest BCUT2D eigenvalue weighted by atomic mass is 35.5. The second-order valence-corrected chi connectivity index (χ2v) is 4.04. The van der Waals surface area contributed by atoms with Gasteiger partial charge in [0.25, 0.3) is 0 Å². The summed E-state index contributed by atoms with van der Waals surface area (Å²) in [5.74, 6) is -0.722. The molecule has 0 saturated carbocycles. The molecule has 5 nitrogen and oxygen atoms in total. The molecule has 0 saturated heterocycles. The second kappa shape index (κ2) is 4.83. The first-order valence-corrected chi connectivity index (χ1v) is 5.36. The molecular weight excluding hydrogens is 284 g/mol. The van der Waals surface area contributed by atoms with Crippen LogP contribution < -0.4 is 0 Å². The van der Waals surface area contributed by atoms with Gasteiger partial charge in [-0.2, -0.15) is 0 Å². The van der Waals surface area contributed by atoms with Crippen LogP contribution in [0.15, 0.2) is 24.5 Å². The van der Waals surface area contributed by atoms with E-state index in [1.165, 1.54) is 12.1 Å². The molecule has 0 atom stereocenters. The summed E-state index contributed by atoms with van der Waals surface area (Å²) in [7, 11) is 0. The van der Waals surface area contributed by atoms with E-state index in [4.69, 9.17) is 23.2 Å². The van der Waals surface area contributed by atoms with Crippen LogP contribution in [0.25, 0.3) is 11.3 Å². The standard InChI is InChI=1S/C10H4Cl2FN3O2/c11-5-1-2-6(7(13)3-5)8-9(16(17)18)10(12)15-4-14-8/h1-4H. The van der Waals surface area contributed by atoms with E-state index in [-0.39, 0.29) is 21.4 Å². The molecule has 0 aliphatic rings. The van der Waals surface area contributed by atoms with Crippen molar-refractivity contribution in [2.45, 2.75) is 0 Å². The smallest absolute Gasteiger partial charge is 0.258 e. The van der Waals surface area contributed by atoms with Crippen molar-refractivity contribution in [1.82, 2.24) is 9.97 Å². The van der Waals surface area contributed by atoms with E-state index in [1.807, 2.05) is 0 Å². The molecule has 0 unspecified atom stereocenters. The Balaban J connectivity index is 2.71. The van der Waals surface area contributed by atoms with Gasteiger partial charge in [-0.3, -0.25) is 10.1 Å². The number of nitro groups is 1. The Bertz CT molecular complexity index is 637. The summed E-state index contributed by atoms with van der Waals surface area (Å²) in [6, 6.07) is 3.74. The minimum atomic E-state index is -0.758. The van der Waals surface area contributed by atoms with Crippen molar-refractivity contribution >= 4 is 28.9 Å². The Morgan fingerprint density at radius 2 is 2.00 bits per heavy atom. The molecule has 0 spiro atoms. The van der Waals surface area contributed by atoms with E-state index in [9.17, 15) is 14.5 Å². The highest BCUT2D eigenvalue weighted by molar-refractivity contribution is 6.32. The van der Waals surface area contributed by atoms with E-state index < -0.39 is 16.4 Å². The molecule has 2 rings (SSSR count). The van der Waals surface area contributed by atoms with Crippen LogP contribution in [-0.4, -0.2) is 14.9 Å². The average Bonchev–Trinajstić information content (AvgIpc) is 2.28. The van der Waals surface area contributed by atoms with Crippen LogP contribution >= 0.6 is 23.2 Å². The lowest BCUT2D eigenvalue weighted by atomic mass is 10.1. The van der Waals surface area contributed by atoms with Crippen LogP contribution in [0.1, 0.15) is 0 Å². The van der Waals surface area contributed by atoms with Crippen molar-refractivity contribution in [3.8, 4) is 11.3 Å². The van der Waals surface area contributed by atoms with Gasteiger partial charge >= 0.3 is 5.69 Å². The lowest BCUT2D eigenvalue weighted by molar-refractivity contribution is -0.384. The van der Waals surface area contributed by atoms with Gasteiger partial charge in [0.1, 0.15) is 12.1 Å². The quantitative estimate of drug-likeness (QED) is 0.482. The normalized spacial score (nSPS) is 10.4. The third-order valence-corrected chi connectivity index (χ3v) is 2.66. The van der Waals surface area contributed by atoms with Crippen LogP contribution in [0.2, 0.25) is 10.2 Å². The maximum Gasteiger partial charge on any atom is 0.332 e. The third-order valence-electron chi connectivity index (χ3n) is 2.15. The van der Waals surface area contributed by atoms with Crippen LogP contribution in [0, 0.1) is 15.9 Å². The molecule has 0 aliphatic carbocycles. The largest absolute Gasteiger partial charge is 0.332 e. The zero-order chi connectivity index (χ0) is 13.3. The first kappa shape index (κ1) is 12.7. The Morgan fingerprint density at radius 1 is 1.28 bits per heavy atom. The average molecular weight is 288 g/mol. The molecule has 2 aromatic rings. The monoisotopic (exact) mass is 287 g/mol. The molecule has 1 aromatic heterocycles. The number of nitrogens with zero attached hydrogens (tertiary/aromatic N) is 3. The summed E-state index contributed by atoms with van der Waals surface area (Å²) in [5, 5.41) is 10.7. The van der Waals surface area contributed by atoms with Crippen LogP contribution in [-0.2, 0) is 0 Å². The van der Waals surface area contributed by atoms with Crippen molar-refractivity contribution in [1.29, 1.82) is 0 Å². The molecule has 0 radical (unpaired) electrons. The fraction of sp³-hybridized carbons (Fsp3) is 0. The van der Waals surface area contributed by atoms with Gasteiger partial charge in [-0.25, -0.2) is 14.4 Å². The van der Waals surface area contributed by atoms with Crippen molar-refractivity contribution in [3.05, 3.63) is 50.6 Å². The summed E-state index contributed by atoms with van der Waals surface area (Å²) in [6.45, 7) is 0. The molecule has 0 fully saturated rings. The number of aromatic nitrogens is 2. The van der Waals surface area contributed by atoms with E-state index in [0.29, 0.717) is 0 Å². The molecule has 0 aliphatic heterocycles. The Hall–Kier alpha value is -1.79. The zero-order valence-corrected chi connectivity index (χ0v) is 10.1. The van der Waals surface area contributed by atoms with E-state index in [2.05, 4.69) is 9.97 Å². The third kappa shape index (κ3) is 2.25. The fourth-order valence-electron chi connectivity index (χ4n) is 1.40. The molecule has 92 valence electrons. The van der Waals surface area contributed by atoms with Crippen LogP contribution in [0.3, 0.4) is 0 Å². The second-order valence-electron chi connectivity index (χ2n) is 3.24. The SMILES string of the molecule is O=[N+]([O-])c1c(Cl)ncnc1-c1ccc(Cl)cc1F. The van der Waals surface area contributed by atoms with Gasteiger partial charge < -0.3 is 0 Å². The molecule has 1 aromatic carbocycles.